The van der Waals surface area contributed by atoms with Crippen molar-refractivity contribution in [1.29, 1.82) is 0 Å². The normalized spacial score (nSPS) is 16.1. The van der Waals surface area contributed by atoms with Crippen molar-refractivity contribution in [1.82, 2.24) is 0 Å². The summed E-state index contributed by atoms with van der Waals surface area (Å²) < 4.78 is 34.2. The fraction of sp³-hybridized carbons (Fsp3) is 1.00. The molecule has 0 saturated carbocycles. The van der Waals surface area contributed by atoms with Gasteiger partial charge in [-0.3, -0.25) is 0 Å². The molecule has 0 heterocycles. The third-order valence-electron chi connectivity index (χ3n) is 0.386. The highest BCUT2D eigenvalue weighted by atomic mass is 35.5. The lowest BCUT2D eigenvalue weighted by atomic mass is 10.5. The van der Waals surface area contributed by atoms with Crippen LogP contribution in [0.2, 0.25) is 0 Å². The van der Waals surface area contributed by atoms with Gasteiger partial charge in [-0.05, 0) is 11.6 Å². The standard InChI is InChI=1S/C3H3Cl2F3/c4-2(6)1-3(5,7)8/h2H,1H2. The molecule has 5 heteroatoms. The first-order valence-electron chi connectivity index (χ1n) is 1.77. The Balaban J connectivity index is 3.39. The largest absolute Gasteiger partial charge is 0.325 e. The molecule has 0 radical (unpaired) electrons. The molecule has 0 bridgehead atoms. The molecule has 0 aliphatic rings. The summed E-state index contributed by atoms with van der Waals surface area (Å²) in [5.74, 6) is 0. The topological polar surface area (TPSA) is 0 Å². The Morgan fingerprint density at radius 1 is 1.50 bits per heavy atom. The van der Waals surface area contributed by atoms with E-state index in [2.05, 4.69) is 23.2 Å². The fourth-order valence-electron chi connectivity index (χ4n) is 0.175. The van der Waals surface area contributed by atoms with Crippen molar-refractivity contribution in [2.75, 3.05) is 0 Å². The van der Waals surface area contributed by atoms with Crippen molar-refractivity contribution in [2.45, 2.75) is 17.4 Å². The van der Waals surface area contributed by atoms with Crippen LogP contribution in [0, 0.1) is 0 Å². The first-order chi connectivity index (χ1) is 3.42. The van der Waals surface area contributed by atoms with Gasteiger partial charge in [-0.25, -0.2) is 4.39 Å². The quantitative estimate of drug-likeness (QED) is 0.554. The second-order valence-electron chi connectivity index (χ2n) is 1.21. The Hall–Kier alpha value is 0.370. The van der Waals surface area contributed by atoms with Crippen LogP contribution in [0.4, 0.5) is 13.2 Å². The molecule has 0 aromatic heterocycles. The zero-order valence-electron chi connectivity index (χ0n) is 3.67. The Morgan fingerprint density at radius 3 is 1.88 bits per heavy atom. The predicted octanol–water partition coefficient (Wildman–Crippen LogP) is 2.74. The van der Waals surface area contributed by atoms with Gasteiger partial charge in [0.1, 0.15) is 0 Å². The molecule has 0 spiro atoms. The van der Waals surface area contributed by atoms with E-state index in [0.29, 0.717) is 0 Å². The average Bonchev–Trinajstić information content (AvgIpc) is 1.21. The third kappa shape index (κ3) is 6.37. The van der Waals surface area contributed by atoms with E-state index in [1.54, 1.807) is 0 Å². The van der Waals surface area contributed by atoms with Crippen LogP contribution in [0.25, 0.3) is 0 Å². The summed E-state index contributed by atoms with van der Waals surface area (Å²) >= 11 is 8.80. The lowest BCUT2D eigenvalue weighted by molar-refractivity contribution is 0.0712. The van der Waals surface area contributed by atoms with Gasteiger partial charge < -0.3 is 0 Å². The molecule has 50 valence electrons. The van der Waals surface area contributed by atoms with Crippen molar-refractivity contribution in [3.8, 4) is 0 Å². The van der Waals surface area contributed by atoms with E-state index in [0.717, 1.165) is 0 Å². The molecule has 8 heavy (non-hydrogen) atoms. The molecule has 0 aliphatic carbocycles. The van der Waals surface area contributed by atoms with Crippen molar-refractivity contribution in [3.05, 3.63) is 0 Å². The SMILES string of the molecule is FC(Cl)CC(F)(F)Cl. The van der Waals surface area contributed by atoms with Gasteiger partial charge >= 0.3 is 5.38 Å². The van der Waals surface area contributed by atoms with Gasteiger partial charge in [0.05, 0.1) is 6.42 Å². The van der Waals surface area contributed by atoms with Crippen molar-refractivity contribution in [3.63, 3.8) is 0 Å². The van der Waals surface area contributed by atoms with E-state index in [9.17, 15) is 13.2 Å². The van der Waals surface area contributed by atoms with Gasteiger partial charge in [0.25, 0.3) is 0 Å². The maximum Gasteiger partial charge on any atom is 0.325 e. The summed E-state index contributed by atoms with van der Waals surface area (Å²) in [5.41, 5.74) is -2.07. The molecule has 0 amide bonds. The zero-order chi connectivity index (χ0) is 6.78. The molecule has 0 aromatic rings. The van der Waals surface area contributed by atoms with Gasteiger partial charge in [0, 0.05) is 0 Å². The van der Waals surface area contributed by atoms with Crippen LogP contribution in [-0.2, 0) is 0 Å². The summed E-state index contributed by atoms with van der Waals surface area (Å²) in [6.45, 7) is 0. The van der Waals surface area contributed by atoms with Crippen LogP contribution >= 0.6 is 23.2 Å². The number of alkyl halides is 5. The minimum absolute atomic E-state index is 1.14. The molecular formula is C3H3Cl2F3. The molecule has 0 saturated heterocycles. The second kappa shape index (κ2) is 2.78. The Bertz CT molecular complexity index is 67.4. The van der Waals surface area contributed by atoms with E-state index < -0.39 is 17.4 Å². The van der Waals surface area contributed by atoms with Gasteiger partial charge in [0.2, 0.25) is 0 Å². The average molecular weight is 167 g/mol. The molecule has 0 nitrogen and oxygen atoms in total. The van der Waals surface area contributed by atoms with E-state index >= 15 is 0 Å². The first kappa shape index (κ1) is 8.37. The van der Waals surface area contributed by atoms with E-state index in [1.807, 2.05) is 0 Å². The van der Waals surface area contributed by atoms with Crippen LogP contribution in [0.5, 0.6) is 0 Å². The third-order valence-corrected chi connectivity index (χ3v) is 0.694. The molecule has 0 aliphatic heterocycles. The summed E-state index contributed by atoms with van der Waals surface area (Å²) in [5, 5.41) is -3.51. The second-order valence-corrected chi connectivity index (χ2v) is 2.24. The van der Waals surface area contributed by atoms with E-state index in [-0.39, 0.29) is 0 Å². The molecular weight excluding hydrogens is 164 g/mol. The molecule has 1 unspecified atom stereocenters. The number of halogens is 5. The number of hydrogen-bond donors (Lipinski definition) is 0. The summed E-state index contributed by atoms with van der Waals surface area (Å²) in [6, 6.07) is 0. The Labute approximate surface area is 54.6 Å². The molecule has 0 N–H and O–H groups in total. The molecule has 0 rings (SSSR count). The van der Waals surface area contributed by atoms with Gasteiger partial charge in [-0.2, -0.15) is 8.78 Å². The summed E-state index contributed by atoms with van der Waals surface area (Å²) in [4.78, 5) is 0. The summed E-state index contributed by atoms with van der Waals surface area (Å²) in [7, 11) is 0. The smallest absolute Gasteiger partial charge is 0.230 e. The highest BCUT2D eigenvalue weighted by molar-refractivity contribution is 6.23. The van der Waals surface area contributed by atoms with Gasteiger partial charge in [-0.15, -0.1) is 0 Å². The Morgan fingerprint density at radius 2 is 1.88 bits per heavy atom. The number of rotatable bonds is 2. The summed E-state index contributed by atoms with van der Waals surface area (Å²) in [6.07, 6.45) is -1.14. The fourth-order valence-corrected chi connectivity index (χ4v) is 0.583. The van der Waals surface area contributed by atoms with E-state index in [4.69, 9.17) is 0 Å². The Kier molecular flexibility index (Phi) is 2.91. The predicted molar refractivity (Wildman–Crippen MR) is 26.2 cm³/mol. The van der Waals surface area contributed by atoms with Crippen LogP contribution < -0.4 is 0 Å². The monoisotopic (exact) mass is 166 g/mol. The van der Waals surface area contributed by atoms with Crippen molar-refractivity contribution >= 4 is 23.2 Å². The lowest BCUT2D eigenvalue weighted by Gasteiger charge is -2.04. The van der Waals surface area contributed by atoms with Crippen LogP contribution in [0.3, 0.4) is 0 Å². The first-order valence-corrected chi connectivity index (χ1v) is 2.58. The molecule has 1 atom stereocenters. The van der Waals surface area contributed by atoms with Crippen LogP contribution in [0.1, 0.15) is 6.42 Å². The van der Waals surface area contributed by atoms with Crippen molar-refractivity contribution in [2.24, 2.45) is 0 Å². The highest BCUT2D eigenvalue weighted by Crippen LogP contribution is 2.27. The minimum atomic E-state index is -3.51. The lowest BCUT2D eigenvalue weighted by Crippen LogP contribution is -2.09. The zero-order valence-corrected chi connectivity index (χ0v) is 5.19. The maximum absolute atomic E-state index is 11.4. The van der Waals surface area contributed by atoms with E-state index in [1.165, 1.54) is 0 Å². The van der Waals surface area contributed by atoms with Gasteiger partial charge in [-0.1, -0.05) is 11.6 Å². The number of hydrogen-bond acceptors (Lipinski definition) is 0. The molecule has 0 fully saturated rings. The van der Waals surface area contributed by atoms with Crippen LogP contribution in [-0.4, -0.2) is 11.0 Å². The molecule has 0 aromatic carbocycles. The maximum atomic E-state index is 11.4. The van der Waals surface area contributed by atoms with Crippen molar-refractivity contribution < 1.29 is 13.2 Å². The van der Waals surface area contributed by atoms with Crippen LogP contribution in [0.15, 0.2) is 0 Å². The highest BCUT2D eigenvalue weighted by Gasteiger charge is 2.28. The minimum Gasteiger partial charge on any atom is -0.230 e. The van der Waals surface area contributed by atoms with Gasteiger partial charge in [0.15, 0.2) is 5.63 Å².